The van der Waals surface area contributed by atoms with Gasteiger partial charge in [0.2, 0.25) is 0 Å². The number of carbonyl (C=O) groups is 2. The first kappa shape index (κ1) is 12.5. The minimum absolute atomic E-state index is 0.315. The smallest absolute Gasteiger partial charge is 0.332 e. The third kappa shape index (κ3) is 2.84. The maximum atomic E-state index is 11.8. The Balaban J connectivity index is 1.95. The van der Waals surface area contributed by atoms with Crippen molar-refractivity contribution in [1.29, 1.82) is 0 Å². The molecule has 2 N–H and O–H groups in total. The lowest BCUT2D eigenvalue weighted by Gasteiger charge is -2.11. The number of carboxylic acids is 1. The maximum Gasteiger partial charge on any atom is 0.332 e. The molecular formula is C12H14N2O4. The predicted molar refractivity (Wildman–Crippen MR) is 63.1 cm³/mol. The number of ether oxygens (including phenoxy) is 1. The van der Waals surface area contributed by atoms with E-state index in [1.165, 1.54) is 0 Å². The molecule has 0 aliphatic carbocycles. The number of carbonyl (C=O) groups excluding carboxylic acids is 1. The van der Waals surface area contributed by atoms with Crippen LogP contribution in [0.1, 0.15) is 18.5 Å². The number of nitrogens with zero attached hydrogens (tertiary/aromatic N) is 1. The summed E-state index contributed by atoms with van der Waals surface area (Å²) in [5.41, 5.74) is 1.43. The zero-order valence-electron chi connectivity index (χ0n) is 9.92. The van der Waals surface area contributed by atoms with Crippen LogP contribution < -0.4 is 5.32 Å². The Labute approximate surface area is 104 Å². The SMILES string of the molecule is Cc1cc(NC(=O)[C@@H]2CC[C@H](C(=O)O)O2)ccn1. The van der Waals surface area contributed by atoms with Crippen molar-refractivity contribution in [2.75, 3.05) is 5.32 Å². The standard InChI is InChI=1S/C12H14N2O4/c1-7-6-8(4-5-13-7)14-11(15)9-2-3-10(18-9)12(16)17/h4-6,9-10H,2-3H2,1H3,(H,16,17)(H,13,14,15)/t9-,10+/m0/s1. The lowest BCUT2D eigenvalue weighted by molar-refractivity contribution is -0.150. The molecule has 1 aliphatic heterocycles. The number of aryl methyl sites for hydroxylation is 1. The van der Waals surface area contributed by atoms with Gasteiger partial charge in [-0.1, -0.05) is 0 Å². The third-order valence-electron chi connectivity index (χ3n) is 2.75. The number of nitrogens with one attached hydrogen (secondary N) is 1. The highest BCUT2D eigenvalue weighted by Gasteiger charge is 2.34. The molecular weight excluding hydrogens is 236 g/mol. The van der Waals surface area contributed by atoms with Crippen molar-refractivity contribution in [3.8, 4) is 0 Å². The topological polar surface area (TPSA) is 88.5 Å². The summed E-state index contributed by atoms with van der Waals surface area (Å²) >= 11 is 0. The molecule has 0 bridgehead atoms. The molecule has 6 heteroatoms. The van der Waals surface area contributed by atoms with E-state index < -0.39 is 18.2 Å². The minimum atomic E-state index is -1.02. The number of rotatable bonds is 3. The van der Waals surface area contributed by atoms with Crippen molar-refractivity contribution in [3.05, 3.63) is 24.0 Å². The zero-order chi connectivity index (χ0) is 13.1. The number of aliphatic carboxylic acids is 1. The number of pyridine rings is 1. The summed E-state index contributed by atoms with van der Waals surface area (Å²) in [5, 5.41) is 11.5. The summed E-state index contributed by atoms with van der Waals surface area (Å²) in [6.07, 6.45) is 0.815. The first-order valence-corrected chi connectivity index (χ1v) is 5.68. The Morgan fingerprint density at radius 2 is 2.17 bits per heavy atom. The normalized spacial score (nSPS) is 22.7. The van der Waals surface area contributed by atoms with Crippen LogP contribution in [0.25, 0.3) is 0 Å². The van der Waals surface area contributed by atoms with Crippen LogP contribution in [0.15, 0.2) is 18.3 Å². The van der Waals surface area contributed by atoms with Gasteiger partial charge in [0.25, 0.3) is 5.91 Å². The van der Waals surface area contributed by atoms with Crippen molar-refractivity contribution < 1.29 is 19.4 Å². The van der Waals surface area contributed by atoms with Gasteiger partial charge in [-0.2, -0.15) is 0 Å². The molecule has 0 unspecified atom stereocenters. The zero-order valence-corrected chi connectivity index (χ0v) is 9.92. The molecule has 1 aromatic rings. The number of hydrogen-bond acceptors (Lipinski definition) is 4. The molecule has 1 amide bonds. The molecule has 96 valence electrons. The third-order valence-corrected chi connectivity index (χ3v) is 2.75. The van der Waals surface area contributed by atoms with Crippen LogP contribution in [0.4, 0.5) is 5.69 Å². The van der Waals surface area contributed by atoms with Crippen molar-refractivity contribution in [3.63, 3.8) is 0 Å². The lowest BCUT2D eigenvalue weighted by Crippen LogP contribution is -2.29. The lowest BCUT2D eigenvalue weighted by atomic mass is 10.2. The van der Waals surface area contributed by atoms with E-state index in [0.29, 0.717) is 18.5 Å². The Morgan fingerprint density at radius 3 is 2.78 bits per heavy atom. The van der Waals surface area contributed by atoms with Gasteiger partial charge in [0.05, 0.1) is 0 Å². The van der Waals surface area contributed by atoms with Crippen molar-refractivity contribution in [2.45, 2.75) is 32.0 Å². The van der Waals surface area contributed by atoms with E-state index in [9.17, 15) is 9.59 Å². The first-order chi connectivity index (χ1) is 8.56. The van der Waals surface area contributed by atoms with Crippen molar-refractivity contribution in [2.24, 2.45) is 0 Å². The summed E-state index contributed by atoms with van der Waals surface area (Å²) in [6.45, 7) is 1.82. The molecule has 2 rings (SSSR count). The second kappa shape index (κ2) is 5.14. The molecule has 1 saturated heterocycles. The molecule has 0 radical (unpaired) electrons. The molecule has 0 aromatic carbocycles. The molecule has 0 saturated carbocycles. The average molecular weight is 250 g/mol. The fourth-order valence-electron chi connectivity index (χ4n) is 1.86. The molecule has 2 heterocycles. The summed E-state index contributed by atoms with van der Waals surface area (Å²) in [4.78, 5) is 26.6. The Kier molecular flexibility index (Phi) is 3.57. The van der Waals surface area contributed by atoms with Gasteiger partial charge >= 0.3 is 5.97 Å². The van der Waals surface area contributed by atoms with Gasteiger partial charge in [0.1, 0.15) is 6.10 Å². The largest absolute Gasteiger partial charge is 0.479 e. The minimum Gasteiger partial charge on any atom is -0.479 e. The van der Waals surface area contributed by atoms with E-state index in [2.05, 4.69) is 10.3 Å². The average Bonchev–Trinajstić information content (AvgIpc) is 2.78. The number of anilines is 1. The van der Waals surface area contributed by atoms with Crippen LogP contribution in [0.5, 0.6) is 0 Å². The maximum absolute atomic E-state index is 11.8. The molecule has 18 heavy (non-hydrogen) atoms. The number of aromatic nitrogens is 1. The highest BCUT2D eigenvalue weighted by atomic mass is 16.5. The van der Waals surface area contributed by atoms with Crippen molar-refractivity contribution in [1.82, 2.24) is 4.98 Å². The van der Waals surface area contributed by atoms with Crippen LogP contribution >= 0.6 is 0 Å². The molecule has 2 atom stereocenters. The second-order valence-electron chi connectivity index (χ2n) is 4.20. The van der Waals surface area contributed by atoms with E-state index in [1.54, 1.807) is 18.3 Å². The van der Waals surface area contributed by atoms with Crippen LogP contribution in [0.2, 0.25) is 0 Å². The van der Waals surface area contributed by atoms with Gasteiger partial charge in [-0.05, 0) is 31.9 Å². The van der Waals surface area contributed by atoms with E-state index in [-0.39, 0.29) is 5.91 Å². The van der Waals surface area contributed by atoms with Crippen molar-refractivity contribution >= 4 is 17.6 Å². The Hall–Kier alpha value is -1.95. The van der Waals surface area contributed by atoms with Crippen LogP contribution in [-0.2, 0) is 14.3 Å². The summed E-state index contributed by atoms with van der Waals surface area (Å²) in [7, 11) is 0. The summed E-state index contributed by atoms with van der Waals surface area (Å²) < 4.78 is 5.16. The first-order valence-electron chi connectivity index (χ1n) is 5.68. The number of hydrogen-bond donors (Lipinski definition) is 2. The van der Waals surface area contributed by atoms with E-state index in [1.807, 2.05) is 6.92 Å². The molecule has 1 fully saturated rings. The number of amides is 1. The fourth-order valence-corrected chi connectivity index (χ4v) is 1.86. The molecule has 6 nitrogen and oxygen atoms in total. The van der Waals surface area contributed by atoms with E-state index >= 15 is 0 Å². The van der Waals surface area contributed by atoms with E-state index in [0.717, 1.165) is 5.69 Å². The van der Waals surface area contributed by atoms with Gasteiger partial charge in [-0.15, -0.1) is 0 Å². The molecule has 0 spiro atoms. The monoisotopic (exact) mass is 250 g/mol. The molecule has 1 aliphatic rings. The quantitative estimate of drug-likeness (QED) is 0.834. The number of carboxylic acid groups (broad SMARTS) is 1. The van der Waals surface area contributed by atoms with Gasteiger partial charge in [-0.25, -0.2) is 4.79 Å². The summed E-state index contributed by atoms with van der Waals surface area (Å²) in [6, 6.07) is 3.41. The van der Waals surface area contributed by atoms with Gasteiger partial charge in [-0.3, -0.25) is 9.78 Å². The van der Waals surface area contributed by atoms with Gasteiger partial charge < -0.3 is 15.2 Å². The highest BCUT2D eigenvalue weighted by Crippen LogP contribution is 2.21. The Morgan fingerprint density at radius 1 is 1.44 bits per heavy atom. The van der Waals surface area contributed by atoms with Crippen LogP contribution in [0.3, 0.4) is 0 Å². The fraction of sp³-hybridized carbons (Fsp3) is 0.417. The molecule has 1 aromatic heterocycles. The van der Waals surface area contributed by atoms with Gasteiger partial charge in [0, 0.05) is 17.6 Å². The van der Waals surface area contributed by atoms with E-state index in [4.69, 9.17) is 9.84 Å². The predicted octanol–water partition coefficient (Wildman–Crippen LogP) is 0.961. The highest BCUT2D eigenvalue weighted by molar-refractivity contribution is 5.94. The Bertz CT molecular complexity index is 475. The van der Waals surface area contributed by atoms with Crippen LogP contribution in [-0.4, -0.2) is 34.2 Å². The van der Waals surface area contributed by atoms with Crippen LogP contribution in [0, 0.1) is 6.92 Å². The van der Waals surface area contributed by atoms with Gasteiger partial charge in [0.15, 0.2) is 6.10 Å². The second-order valence-corrected chi connectivity index (χ2v) is 4.20. The summed E-state index contributed by atoms with van der Waals surface area (Å²) in [5.74, 6) is -1.34.